The van der Waals surface area contributed by atoms with Crippen molar-refractivity contribution in [2.45, 2.75) is 45.2 Å². The van der Waals surface area contributed by atoms with Gasteiger partial charge in [0, 0.05) is 24.2 Å². The molecular weight excluding hydrogens is 276 g/mol. The summed E-state index contributed by atoms with van der Waals surface area (Å²) in [7, 11) is 0. The fourth-order valence-electron chi connectivity index (χ4n) is 2.78. The van der Waals surface area contributed by atoms with E-state index in [1.165, 1.54) is 31.2 Å². The predicted molar refractivity (Wildman–Crippen MR) is 85.6 cm³/mol. The first kappa shape index (κ1) is 14.8. The number of halogens is 1. The fraction of sp³-hybridized carbons (Fsp3) is 0.533. The maximum absolute atomic E-state index is 6.33. The highest BCUT2D eigenvalue weighted by atomic mass is 35.5. The van der Waals surface area contributed by atoms with Crippen LogP contribution in [0.4, 0.5) is 0 Å². The van der Waals surface area contributed by atoms with Crippen molar-refractivity contribution in [1.82, 2.24) is 4.90 Å². The molecule has 1 aliphatic carbocycles. The molecule has 1 aromatic rings. The van der Waals surface area contributed by atoms with E-state index in [-0.39, 0.29) is 0 Å². The lowest BCUT2D eigenvalue weighted by molar-refractivity contribution is 0.219. The number of thiocarbonyl (C=S) groups is 1. The molecule has 2 nitrogen and oxygen atoms in total. The Labute approximate surface area is 125 Å². The van der Waals surface area contributed by atoms with Crippen LogP contribution < -0.4 is 5.73 Å². The van der Waals surface area contributed by atoms with Crippen molar-refractivity contribution in [3.05, 3.63) is 34.3 Å². The summed E-state index contributed by atoms with van der Waals surface area (Å²) in [6.45, 7) is 3.57. The van der Waals surface area contributed by atoms with Gasteiger partial charge in [0.15, 0.2) is 0 Å². The molecule has 1 fully saturated rings. The summed E-state index contributed by atoms with van der Waals surface area (Å²) in [5.41, 5.74) is 8.09. The lowest BCUT2D eigenvalue weighted by atomic mass is 10.1. The topological polar surface area (TPSA) is 29.3 Å². The van der Waals surface area contributed by atoms with Gasteiger partial charge in [0.05, 0.1) is 4.99 Å². The zero-order valence-corrected chi connectivity index (χ0v) is 12.9. The van der Waals surface area contributed by atoms with E-state index in [1.807, 2.05) is 6.07 Å². The Morgan fingerprint density at radius 1 is 1.42 bits per heavy atom. The normalized spacial score (nSPS) is 16.2. The maximum Gasteiger partial charge on any atom is 0.0870 e. The lowest BCUT2D eigenvalue weighted by Gasteiger charge is -2.28. The molecule has 0 atom stereocenters. The summed E-state index contributed by atoms with van der Waals surface area (Å²) in [6, 6.07) is 6.83. The molecule has 0 radical (unpaired) electrons. The average Bonchev–Trinajstić information content (AvgIpc) is 2.84. The van der Waals surface area contributed by atoms with Crippen LogP contribution in [0.15, 0.2) is 18.2 Å². The minimum Gasteiger partial charge on any atom is -0.392 e. The quantitative estimate of drug-likeness (QED) is 0.841. The summed E-state index contributed by atoms with van der Waals surface area (Å²) in [6.07, 6.45) is 5.10. The Balaban J connectivity index is 2.12. The third kappa shape index (κ3) is 4.16. The van der Waals surface area contributed by atoms with Crippen molar-refractivity contribution in [2.75, 3.05) is 6.54 Å². The first-order valence-corrected chi connectivity index (χ1v) is 7.62. The molecule has 19 heavy (non-hydrogen) atoms. The van der Waals surface area contributed by atoms with Gasteiger partial charge in [-0.1, -0.05) is 48.8 Å². The molecule has 0 aromatic heterocycles. The van der Waals surface area contributed by atoms with Crippen LogP contribution in [-0.4, -0.2) is 22.5 Å². The van der Waals surface area contributed by atoms with Crippen molar-refractivity contribution >= 4 is 28.8 Å². The SMILES string of the molecule is Cc1ccc(CN(CC(N)=S)C2CCCC2)c(Cl)c1. The second-order valence-electron chi connectivity index (χ2n) is 5.40. The summed E-state index contributed by atoms with van der Waals surface area (Å²) in [5.74, 6) is 0. The van der Waals surface area contributed by atoms with Crippen LogP contribution in [0.5, 0.6) is 0 Å². The minimum absolute atomic E-state index is 0.565. The predicted octanol–water partition coefficient (Wildman–Crippen LogP) is 3.68. The Kier molecular flexibility index (Phi) is 5.20. The highest BCUT2D eigenvalue weighted by Gasteiger charge is 2.23. The van der Waals surface area contributed by atoms with Crippen LogP contribution >= 0.6 is 23.8 Å². The molecule has 1 saturated carbocycles. The first-order valence-electron chi connectivity index (χ1n) is 6.83. The number of hydrogen-bond acceptors (Lipinski definition) is 2. The first-order chi connectivity index (χ1) is 9.06. The number of benzene rings is 1. The van der Waals surface area contributed by atoms with Gasteiger partial charge in [0.1, 0.15) is 0 Å². The van der Waals surface area contributed by atoms with Gasteiger partial charge in [-0.25, -0.2) is 0 Å². The molecule has 0 saturated heterocycles. The Morgan fingerprint density at radius 3 is 2.68 bits per heavy atom. The van der Waals surface area contributed by atoms with Gasteiger partial charge in [0.25, 0.3) is 0 Å². The van der Waals surface area contributed by atoms with Crippen LogP contribution in [-0.2, 0) is 6.54 Å². The van der Waals surface area contributed by atoms with E-state index in [0.29, 0.717) is 17.6 Å². The smallest absolute Gasteiger partial charge is 0.0870 e. The Bertz CT molecular complexity index is 455. The highest BCUT2D eigenvalue weighted by Crippen LogP contribution is 2.27. The van der Waals surface area contributed by atoms with Crippen molar-refractivity contribution < 1.29 is 0 Å². The van der Waals surface area contributed by atoms with E-state index in [4.69, 9.17) is 29.6 Å². The summed E-state index contributed by atoms with van der Waals surface area (Å²) in [5, 5.41) is 0.839. The molecule has 1 aromatic carbocycles. The number of nitrogens with two attached hydrogens (primary N) is 1. The molecule has 2 rings (SSSR count). The van der Waals surface area contributed by atoms with E-state index >= 15 is 0 Å². The zero-order valence-electron chi connectivity index (χ0n) is 11.4. The number of hydrogen-bond donors (Lipinski definition) is 1. The molecule has 0 heterocycles. The molecule has 2 N–H and O–H groups in total. The molecule has 1 aliphatic rings. The molecule has 0 aliphatic heterocycles. The van der Waals surface area contributed by atoms with Gasteiger partial charge in [-0.2, -0.15) is 0 Å². The largest absolute Gasteiger partial charge is 0.392 e. The second kappa shape index (κ2) is 6.69. The molecule has 0 amide bonds. The minimum atomic E-state index is 0.565. The summed E-state index contributed by atoms with van der Waals surface area (Å²) < 4.78 is 0. The zero-order chi connectivity index (χ0) is 13.8. The van der Waals surface area contributed by atoms with Crippen LogP contribution in [0.1, 0.15) is 36.8 Å². The molecule has 104 valence electrons. The number of nitrogens with zero attached hydrogens (tertiary/aromatic N) is 1. The van der Waals surface area contributed by atoms with Crippen molar-refractivity contribution in [2.24, 2.45) is 5.73 Å². The van der Waals surface area contributed by atoms with E-state index in [0.717, 1.165) is 17.1 Å². The Hall–Kier alpha value is -0.640. The van der Waals surface area contributed by atoms with Crippen LogP contribution in [0, 0.1) is 6.92 Å². The highest BCUT2D eigenvalue weighted by molar-refractivity contribution is 7.80. The molecule has 4 heteroatoms. The third-order valence-corrected chi connectivity index (χ3v) is 4.26. The molecular formula is C15H21ClN2S. The van der Waals surface area contributed by atoms with Crippen molar-refractivity contribution in [3.8, 4) is 0 Å². The van der Waals surface area contributed by atoms with Gasteiger partial charge in [-0.3, -0.25) is 4.90 Å². The van der Waals surface area contributed by atoms with E-state index in [9.17, 15) is 0 Å². The van der Waals surface area contributed by atoms with Crippen LogP contribution in [0.2, 0.25) is 5.02 Å². The van der Waals surface area contributed by atoms with E-state index in [2.05, 4.69) is 24.0 Å². The van der Waals surface area contributed by atoms with Gasteiger partial charge in [0.2, 0.25) is 0 Å². The van der Waals surface area contributed by atoms with Gasteiger partial charge in [-0.05, 0) is 37.0 Å². The number of rotatable bonds is 5. The summed E-state index contributed by atoms with van der Waals surface area (Å²) >= 11 is 11.4. The lowest BCUT2D eigenvalue weighted by Crippen LogP contribution is -2.38. The standard InChI is InChI=1S/C15H21ClN2S/c1-11-6-7-12(14(16)8-11)9-18(10-15(17)19)13-4-2-3-5-13/h6-8,13H,2-5,9-10H2,1H3,(H2,17,19). The van der Waals surface area contributed by atoms with Gasteiger partial charge >= 0.3 is 0 Å². The molecule has 0 bridgehead atoms. The van der Waals surface area contributed by atoms with Crippen molar-refractivity contribution in [1.29, 1.82) is 0 Å². The van der Waals surface area contributed by atoms with Gasteiger partial charge in [-0.15, -0.1) is 0 Å². The van der Waals surface area contributed by atoms with Gasteiger partial charge < -0.3 is 5.73 Å². The maximum atomic E-state index is 6.33. The van der Waals surface area contributed by atoms with Crippen LogP contribution in [0.25, 0.3) is 0 Å². The number of aryl methyl sites for hydroxylation is 1. The van der Waals surface area contributed by atoms with Crippen molar-refractivity contribution in [3.63, 3.8) is 0 Å². The van der Waals surface area contributed by atoms with E-state index < -0.39 is 0 Å². The molecule has 0 unspecified atom stereocenters. The fourth-order valence-corrected chi connectivity index (χ4v) is 3.24. The Morgan fingerprint density at radius 2 is 2.11 bits per heavy atom. The third-order valence-electron chi connectivity index (χ3n) is 3.78. The monoisotopic (exact) mass is 296 g/mol. The average molecular weight is 297 g/mol. The molecule has 0 spiro atoms. The van der Waals surface area contributed by atoms with Crippen LogP contribution in [0.3, 0.4) is 0 Å². The summed E-state index contributed by atoms with van der Waals surface area (Å²) in [4.78, 5) is 2.95. The van der Waals surface area contributed by atoms with E-state index in [1.54, 1.807) is 0 Å². The second-order valence-corrected chi connectivity index (χ2v) is 6.34.